The number of hydrogen-bond acceptors (Lipinski definition) is 1. The van der Waals surface area contributed by atoms with Crippen LogP contribution in [0.5, 0.6) is 0 Å². The van der Waals surface area contributed by atoms with Gasteiger partial charge in [0.15, 0.2) is 0 Å². The van der Waals surface area contributed by atoms with Gasteiger partial charge < -0.3 is 9.14 Å². The van der Waals surface area contributed by atoms with Gasteiger partial charge in [-0.3, -0.25) is 0 Å². The molecule has 12 heteroatoms. The summed E-state index contributed by atoms with van der Waals surface area (Å²) < 4.78 is 111. The van der Waals surface area contributed by atoms with Gasteiger partial charge in [-0.25, -0.2) is 39.5 Å². The molecule has 196 valence electrons. The Hall–Kier alpha value is -0.645. The van der Waals surface area contributed by atoms with Gasteiger partial charge in [-0.1, -0.05) is 53.4 Å². The highest BCUT2D eigenvalue weighted by atomic mass is 19.4. The molecule has 0 spiro atoms. The molecule has 0 radical (unpaired) electrons. The summed E-state index contributed by atoms with van der Waals surface area (Å²) in [5.41, 5.74) is 0. The van der Waals surface area contributed by atoms with E-state index in [0.717, 1.165) is 0 Å². The molecule has 0 aromatic carbocycles. The molecule has 0 rings (SSSR count). The third-order valence-corrected chi connectivity index (χ3v) is 5.68. The van der Waals surface area contributed by atoms with E-state index in [1.165, 1.54) is 82.0 Å². The molecule has 0 amide bonds. The van der Waals surface area contributed by atoms with Crippen molar-refractivity contribution in [3.05, 3.63) is 0 Å². The maximum absolute atomic E-state index is 11.8. The molecule has 0 aliphatic carbocycles. The van der Waals surface area contributed by atoms with Gasteiger partial charge in [0.25, 0.3) is 18.2 Å². The number of nitrogens with zero attached hydrogens (tertiary/aromatic N) is 1. The first-order valence-corrected chi connectivity index (χ1v) is 11.3. The fourth-order valence-corrected chi connectivity index (χ4v) is 3.60. The monoisotopic (exact) mass is 491 g/mol. The van der Waals surface area contributed by atoms with Gasteiger partial charge in [0, 0.05) is 0 Å². The van der Waals surface area contributed by atoms with Crippen LogP contribution < -0.4 is 0 Å². The summed E-state index contributed by atoms with van der Waals surface area (Å²) in [7, 11) is -0.283. The number of alkyl halides is 9. The average molecular weight is 491 g/mol. The third kappa shape index (κ3) is 9.69. The van der Waals surface area contributed by atoms with Gasteiger partial charge in [-0.15, -0.1) is 0 Å². The van der Waals surface area contributed by atoms with Gasteiger partial charge in [-0.05, 0) is 32.8 Å². The summed E-state index contributed by atoms with van der Waals surface area (Å²) in [6.45, 7) is 15.0. The Kier molecular flexibility index (Phi) is 15.3. The Labute approximate surface area is 186 Å². The fraction of sp³-hybridized carbons (Fsp3) is 1.00. The molecule has 0 N–H and O–H groups in total. The Balaban J connectivity index is 0. The largest absolute Gasteiger partial charge is 0.574 e. The molecule has 0 fully saturated rings. The Morgan fingerprint density at radius 2 is 0.750 bits per heavy atom. The summed E-state index contributed by atoms with van der Waals surface area (Å²) in [6.07, 6.45) is -15.6. The van der Waals surface area contributed by atoms with Crippen molar-refractivity contribution in [2.45, 2.75) is 97.3 Å². The summed E-state index contributed by atoms with van der Waals surface area (Å²) in [4.78, 5) is 0. The van der Waals surface area contributed by atoms with E-state index in [2.05, 4.69) is 32.3 Å². The fourth-order valence-electron chi connectivity index (χ4n) is 3.60. The number of rotatable bonds is 13. The van der Waals surface area contributed by atoms with E-state index in [9.17, 15) is 39.5 Å². The van der Waals surface area contributed by atoms with Crippen LogP contribution >= 0.6 is 0 Å². The van der Waals surface area contributed by atoms with Crippen LogP contribution in [0.4, 0.5) is 39.5 Å². The van der Waals surface area contributed by atoms with Gasteiger partial charge in [0.2, 0.25) is 0 Å². The third-order valence-electron chi connectivity index (χ3n) is 5.68. The Morgan fingerprint density at radius 3 is 0.844 bits per heavy atom. The minimum Gasteiger partial charge on any atom is -0.574 e. The lowest BCUT2D eigenvalue weighted by Crippen LogP contribution is -2.73. The highest BCUT2D eigenvalue weighted by Gasteiger charge is 2.80. The zero-order valence-electron chi connectivity index (χ0n) is 19.8. The Bertz CT molecular complexity index is 406. The lowest BCUT2D eigenvalue weighted by atomic mass is 9.37. The van der Waals surface area contributed by atoms with E-state index in [4.69, 9.17) is 0 Å². The van der Waals surface area contributed by atoms with Crippen molar-refractivity contribution in [3.63, 3.8) is 0 Å². The van der Waals surface area contributed by atoms with E-state index in [-0.39, 0.29) is 7.11 Å². The van der Waals surface area contributed by atoms with E-state index in [0.29, 0.717) is 0 Å². The van der Waals surface area contributed by atoms with Crippen molar-refractivity contribution >= 4 is 6.35 Å². The van der Waals surface area contributed by atoms with Crippen molar-refractivity contribution < 1.29 is 48.7 Å². The summed E-state index contributed by atoms with van der Waals surface area (Å²) in [6, 6.07) is 0. The maximum Gasteiger partial charge on any atom is 0.450 e. The first-order valence-electron chi connectivity index (χ1n) is 11.3. The maximum atomic E-state index is 11.8. The number of unbranched alkanes of at least 4 members (excludes halogenated alkanes) is 4. The van der Waals surface area contributed by atoms with Gasteiger partial charge in [-0.2, -0.15) is 0 Å². The molecule has 32 heavy (non-hydrogen) atoms. The molecule has 2 nitrogen and oxygen atoms in total. The van der Waals surface area contributed by atoms with Crippen LogP contribution in [0.3, 0.4) is 0 Å². The predicted molar refractivity (Wildman–Crippen MR) is 110 cm³/mol. The summed E-state index contributed by atoms with van der Waals surface area (Å²) in [5.74, 6) is 0. The van der Waals surface area contributed by atoms with Gasteiger partial charge in [0.1, 0.15) is 0 Å². The second-order valence-electron chi connectivity index (χ2n) is 8.30. The molecule has 0 heterocycles. The molecule has 0 aliphatic rings. The van der Waals surface area contributed by atoms with Crippen molar-refractivity contribution in [3.8, 4) is 0 Å². The zero-order valence-corrected chi connectivity index (χ0v) is 19.8. The molecule has 0 aromatic rings. The van der Waals surface area contributed by atoms with Gasteiger partial charge in [0.05, 0.1) is 26.2 Å². The highest BCUT2D eigenvalue weighted by Crippen LogP contribution is 2.50. The predicted octanol–water partition coefficient (Wildman–Crippen LogP) is 7.89. The minimum absolute atomic E-state index is 0.283. The minimum atomic E-state index is -6.92. The lowest BCUT2D eigenvalue weighted by molar-refractivity contribution is -0.929. The smallest absolute Gasteiger partial charge is 0.450 e. The lowest BCUT2D eigenvalue weighted by Gasteiger charge is -2.43. The van der Waals surface area contributed by atoms with Crippen molar-refractivity contribution in [1.82, 2.24) is 0 Å². The number of hydrogen-bond donors (Lipinski definition) is 0. The van der Waals surface area contributed by atoms with E-state index < -0.39 is 24.6 Å². The summed E-state index contributed by atoms with van der Waals surface area (Å²) >= 11 is 0. The highest BCUT2D eigenvalue weighted by molar-refractivity contribution is 6.79. The molecule has 0 aliphatic heterocycles. The molecular weight excluding hydrogens is 452 g/mol. The molecular formula is C20H39BF9NO. The van der Waals surface area contributed by atoms with Crippen LogP contribution in [-0.4, -0.2) is 62.3 Å². The van der Waals surface area contributed by atoms with Crippen LogP contribution in [0.1, 0.15) is 79.1 Å². The second kappa shape index (κ2) is 14.6. The quantitative estimate of drug-likeness (QED) is 0.145. The van der Waals surface area contributed by atoms with Crippen LogP contribution in [0.2, 0.25) is 0 Å². The van der Waals surface area contributed by atoms with Crippen molar-refractivity contribution in [2.24, 2.45) is 0 Å². The van der Waals surface area contributed by atoms with E-state index in [1.807, 2.05) is 0 Å². The summed E-state index contributed by atoms with van der Waals surface area (Å²) in [5, 5.41) is 0. The Morgan fingerprint density at radius 1 is 0.531 bits per heavy atom. The first kappa shape index (κ1) is 33.5. The van der Waals surface area contributed by atoms with Crippen molar-refractivity contribution in [1.29, 1.82) is 0 Å². The molecule has 0 unspecified atom stereocenters. The standard InChI is InChI=1S/C16H36N.C4H3BF9O/c1-5-9-13-17(14-10-6-2,15-11-7-3)16-12-8-4;1-15-5(2(6,7)8,3(9,10)11)4(12,13)14/h5-16H2,1-4H3;1H3/q+1;-1. The molecule has 0 atom stereocenters. The second-order valence-corrected chi connectivity index (χ2v) is 8.30. The molecule has 0 bridgehead atoms. The molecule has 0 saturated heterocycles. The zero-order chi connectivity index (χ0) is 25.7. The normalized spacial score (nSPS) is 13.7. The van der Waals surface area contributed by atoms with Crippen LogP contribution in [-0.2, 0) is 4.65 Å². The van der Waals surface area contributed by atoms with Crippen molar-refractivity contribution in [2.75, 3.05) is 33.3 Å². The van der Waals surface area contributed by atoms with Gasteiger partial charge >= 0.3 is 6.35 Å². The number of halogens is 9. The van der Waals surface area contributed by atoms with E-state index >= 15 is 0 Å². The number of quaternary nitrogens is 1. The van der Waals surface area contributed by atoms with E-state index in [1.54, 1.807) is 0 Å². The SMILES string of the molecule is CCCC[N+](CCCC)(CCCC)CCCC.CO[B-](C(F)(F)F)(C(F)(F)F)C(F)(F)F. The van der Waals surface area contributed by atoms with Crippen LogP contribution in [0.15, 0.2) is 0 Å². The first-order chi connectivity index (χ1) is 14.6. The van der Waals surface area contributed by atoms with Crippen LogP contribution in [0, 0.1) is 0 Å². The topological polar surface area (TPSA) is 9.23 Å². The molecule has 0 saturated carbocycles. The average Bonchev–Trinajstić information content (AvgIpc) is 2.65. The van der Waals surface area contributed by atoms with Crippen LogP contribution in [0.25, 0.3) is 0 Å². The molecule has 0 aromatic heterocycles.